The Hall–Kier alpha value is -3.21. The van der Waals surface area contributed by atoms with Gasteiger partial charge in [-0.3, -0.25) is 14.4 Å². The fraction of sp³-hybridized carbons (Fsp3) is 0.545. The number of hydrogen-bond donors (Lipinski definition) is 2. The van der Waals surface area contributed by atoms with Gasteiger partial charge in [-0.1, -0.05) is 26.0 Å². The van der Waals surface area contributed by atoms with Crippen molar-refractivity contribution in [3.05, 3.63) is 35.6 Å². The van der Waals surface area contributed by atoms with E-state index in [9.17, 15) is 28.7 Å². The lowest BCUT2D eigenvalue weighted by Gasteiger charge is -2.55. The van der Waals surface area contributed by atoms with Gasteiger partial charge in [-0.15, -0.1) is 0 Å². The van der Waals surface area contributed by atoms with Gasteiger partial charge in [-0.05, 0) is 30.5 Å². The Bertz CT molecular complexity index is 907. The molecule has 0 aromatic heterocycles. The number of amides is 4. The van der Waals surface area contributed by atoms with Gasteiger partial charge in [-0.2, -0.15) is 0 Å². The normalized spacial score (nSPS) is 21.4. The number of likely N-dealkylation sites (N-methyl/N-ethyl adjacent to an activating group) is 1. The summed E-state index contributed by atoms with van der Waals surface area (Å²) in [4.78, 5) is 53.7. The summed E-state index contributed by atoms with van der Waals surface area (Å²) >= 11 is 0. The van der Waals surface area contributed by atoms with Gasteiger partial charge in [0, 0.05) is 19.6 Å². The lowest BCUT2D eigenvalue weighted by atomic mass is 10.00. The monoisotopic (exact) mass is 463 g/mol. The van der Waals surface area contributed by atoms with Crippen LogP contribution in [0.25, 0.3) is 0 Å². The quantitative estimate of drug-likeness (QED) is 0.629. The molecule has 10 nitrogen and oxygen atoms in total. The average Bonchev–Trinajstić information content (AvgIpc) is 2.76. The lowest BCUT2D eigenvalue weighted by molar-refractivity contribution is -0.190. The molecule has 0 saturated carbocycles. The second-order valence-corrected chi connectivity index (χ2v) is 8.30. The van der Waals surface area contributed by atoms with Crippen molar-refractivity contribution in [3.63, 3.8) is 0 Å². The minimum Gasteiger partial charge on any atom is -0.481 e. The van der Waals surface area contributed by atoms with E-state index in [1.54, 1.807) is 24.1 Å². The van der Waals surface area contributed by atoms with Gasteiger partial charge in [0.1, 0.15) is 18.0 Å². The first-order valence-electron chi connectivity index (χ1n) is 11.0. The number of carboxylic acid groups (broad SMARTS) is 1. The molecular formula is C22H30FN5O5. The maximum atomic E-state index is 13.2. The predicted molar refractivity (Wildman–Crippen MR) is 116 cm³/mol. The average molecular weight is 464 g/mol. The third-order valence-electron chi connectivity index (χ3n) is 6.20. The molecule has 2 saturated heterocycles. The fourth-order valence-corrected chi connectivity index (χ4v) is 4.55. The zero-order valence-corrected chi connectivity index (χ0v) is 19.0. The Kier molecular flexibility index (Phi) is 7.52. The van der Waals surface area contributed by atoms with Crippen molar-refractivity contribution in [2.75, 3.05) is 20.1 Å². The Morgan fingerprint density at radius 3 is 2.39 bits per heavy atom. The summed E-state index contributed by atoms with van der Waals surface area (Å²) in [6, 6.07) is 3.89. The van der Waals surface area contributed by atoms with Crippen molar-refractivity contribution in [1.82, 2.24) is 25.1 Å². The van der Waals surface area contributed by atoms with Crippen LogP contribution in [0.2, 0.25) is 0 Å². The van der Waals surface area contributed by atoms with Crippen LogP contribution in [0.3, 0.4) is 0 Å². The molecule has 1 aromatic rings. The minimum absolute atomic E-state index is 0.0847. The maximum absolute atomic E-state index is 13.2. The topological polar surface area (TPSA) is 114 Å². The number of carboxylic acids is 1. The molecule has 2 atom stereocenters. The number of hydrogen-bond acceptors (Lipinski definition) is 5. The van der Waals surface area contributed by atoms with Crippen molar-refractivity contribution in [2.45, 2.75) is 57.9 Å². The molecule has 0 radical (unpaired) electrons. The van der Waals surface area contributed by atoms with Gasteiger partial charge in [0.25, 0.3) is 0 Å². The number of carbonyl (C=O) groups is 4. The number of fused-ring (bicyclic) bond motifs is 1. The first kappa shape index (κ1) is 24.4. The molecule has 2 heterocycles. The number of carbonyl (C=O) groups excluding carboxylic acids is 3. The minimum atomic E-state index is -1.20. The summed E-state index contributed by atoms with van der Waals surface area (Å²) in [5, 5.41) is 15.0. The van der Waals surface area contributed by atoms with Gasteiger partial charge in [0.05, 0.1) is 19.5 Å². The number of hydrazine groups is 1. The van der Waals surface area contributed by atoms with Crippen molar-refractivity contribution < 1.29 is 28.7 Å². The highest BCUT2D eigenvalue weighted by Gasteiger charge is 2.52. The molecule has 1 aromatic carbocycles. The van der Waals surface area contributed by atoms with E-state index < -0.39 is 42.4 Å². The molecule has 0 unspecified atom stereocenters. The highest BCUT2D eigenvalue weighted by Crippen LogP contribution is 2.29. The van der Waals surface area contributed by atoms with E-state index in [0.717, 1.165) is 0 Å². The fourth-order valence-electron chi connectivity index (χ4n) is 4.55. The first-order valence-corrected chi connectivity index (χ1v) is 11.0. The lowest BCUT2D eigenvalue weighted by Crippen LogP contribution is -2.76. The van der Waals surface area contributed by atoms with Gasteiger partial charge in [-0.25, -0.2) is 19.2 Å². The molecule has 2 N–H and O–H groups in total. The van der Waals surface area contributed by atoms with Crippen LogP contribution in [-0.2, 0) is 20.9 Å². The molecule has 33 heavy (non-hydrogen) atoms. The Balaban J connectivity index is 1.89. The molecule has 0 aliphatic carbocycles. The van der Waals surface area contributed by atoms with Crippen LogP contribution < -0.4 is 5.32 Å². The smallest absolute Gasteiger partial charge is 0.334 e. The molecule has 2 fully saturated rings. The maximum Gasteiger partial charge on any atom is 0.334 e. The molecular weight excluding hydrogens is 433 g/mol. The van der Waals surface area contributed by atoms with Gasteiger partial charge < -0.3 is 20.2 Å². The molecule has 3 rings (SSSR count). The van der Waals surface area contributed by atoms with Gasteiger partial charge >= 0.3 is 12.0 Å². The number of aliphatic carboxylic acids is 1. The molecule has 0 spiro atoms. The molecule has 2 aliphatic rings. The van der Waals surface area contributed by atoms with E-state index in [-0.39, 0.29) is 31.5 Å². The standard InChI is InChI=1S/C22H30FN5O5/c1-4-16(5-2)26-12-18-27(17(21(26)32)10-20(30)31)19(29)13-25(3)28(18)22(33)24-11-14-6-8-15(23)9-7-14/h6-9,16-18H,4-5,10-13H2,1-3H3,(H,24,33)(H,30,31)/t17-,18-/m0/s1. The summed E-state index contributed by atoms with van der Waals surface area (Å²) in [5.74, 6) is -2.40. The molecule has 180 valence electrons. The van der Waals surface area contributed by atoms with Crippen molar-refractivity contribution >= 4 is 23.8 Å². The van der Waals surface area contributed by atoms with E-state index >= 15 is 0 Å². The summed E-state index contributed by atoms with van der Waals surface area (Å²) in [6.45, 7) is 3.92. The largest absolute Gasteiger partial charge is 0.481 e. The Morgan fingerprint density at radius 2 is 1.82 bits per heavy atom. The summed E-state index contributed by atoms with van der Waals surface area (Å²) < 4.78 is 13.2. The Morgan fingerprint density at radius 1 is 1.18 bits per heavy atom. The van der Waals surface area contributed by atoms with Gasteiger partial charge in [0.15, 0.2) is 0 Å². The van der Waals surface area contributed by atoms with Crippen LogP contribution in [0.5, 0.6) is 0 Å². The van der Waals surface area contributed by atoms with Crippen LogP contribution in [-0.4, -0.2) is 87.1 Å². The summed E-state index contributed by atoms with van der Waals surface area (Å²) in [6.07, 6.45) is -0.0519. The van der Waals surface area contributed by atoms with E-state index in [1.165, 1.54) is 27.1 Å². The number of urea groups is 1. The van der Waals surface area contributed by atoms with Crippen LogP contribution in [0.15, 0.2) is 24.3 Å². The third-order valence-corrected chi connectivity index (χ3v) is 6.20. The van der Waals surface area contributed by atoms with Crippen LogP contribution in [0, 0.1) is 5.82 Å². The van der Waals surface area contributed by atoms with E-state index in [2.05, 4.69) is 5.32 Å². The zero-order chi connectivity index (χ0) is 24.3. The van der Waals surface area contributed by atoms with Crippen LogP contribution in [0.1, 0.15) is 38.7 Å². The number of rotatable bonds is 7. The van der Waals surface area contributed by atoms with Crippen LogP contribution >= 0.6 is 0 Å². The second-order valence-electron chi connectivity index (χ2n) is 8.30. The van der Waals surface area contributed by atoms with E-state index in [0.29, 0.717) is 18.4 Å². The number of nitrogens with one attached hydrogen (secondary N) is 1. The van der Waals surface area contributed by atoms with Crippen LogP contribution in [0.4, 0.5) is 9.18 Å². The van der Waals surface area contributed by atoms with Crippen molar-refractivity contribution in [1.29, 1.82) is 0 Å². The Labute approximate surface area is 191 Å². The number of nitrogens with zero attached hydrogens (tertiary/aromatic N) is 4. The summed E-state index contributed by atoms with van der Waals surface area (Å²) in [5.41, 5.74) is 0.693. The van der Waals surface area contributed by atoms with Crippen molar-refractivity contribution in [3.8, 4) is 0 Å². The summed E-state index contributed by atoms with van der Waals surface area (Å²) in [7, 11) is 1.59. The SMILES string of the molecule is CCC(CC)N1C[C@H]2N(C(=O)CN(C)N2C(=O)NCc2ccc(F)cc2)[C@@H](CC(=O)O)C1=O. The number of benzene rings is 1. The highest BCUT2D eigenvalue weighted by molar-refractivity contribution is 5.93. The number of piperazine rings is 1. The predicted octanol–water partition coefficient (Wildman–Crippen LogP) is 1.23. The zero-order valence-electron chi connectivity index (χ0n) is 19.0. The highest BCUT2D eigenvalue weighted by atomic mass is 19.1. The van der Waals surface area contributed by atoms with Crippen molar-refractivity contribution in [2.24, 2.45) is 0 Å². The molecule has 11 heteroatoms. The van der Waals surface area contributed by atoms with Gasteiger partial charge in [0.2, 0.25) is 11.8 Å². The third kappa shape index (κ3) is 5.08. The first-order chi connectivity index (χ1) is 15.7. The molecule has 0 bridgehead atoms. The van der Waals surface area contributed by atoms with E-state index in [1.807, 2.05) is 13.8 Å². The second kappa shape index (κ2) is 10.2. The molecule has 2 aliphatic heterocycles. The van der Waals surface area contributed by atoms with E-state index in [4.69, 9.17) is 0 Å². The number of halogens is 1. The molecule has 4 amide bonds.